The number of nitrogens with two attached hydrogens (primary N) is 1. The Morgan fingerprint density at radius 3 is 2.77 bits per heavy atom. The first kappa shape index (κ1) is 17.8. The summed E-state index contributed by atoms with van der Waals surface area (Å²) in [5, 5.41) is 14.1. The molecule has 1 saturated carbocycles. The molecular weight excluding hydrogens is 340 g/mol. The van der Waals surface area contributed by atoms with Gasteiger partial charge < -0.3 is 11.1 Å². The predicted octanol–water partition coefficient (Wildman–Crippen LogP) is 1.69. The molecular formula is C17H20N4O5. The maximum absolute atomic E-state index is 13.0. The van der Waals surface area contributed by atoms with Gasteiger partial charge in [0.2, 0.25) is 5.91 Å². The van der Waals surface area contributed by atoms with Crippen molar-refractivity contribution >= 4 is 23.5 Å². The highest BCUT2D eigenvalue weighted by Gasteiger charge is 2.54. The molecule has 1 aromatic carbocycles. The fourth-order valence-electron chi connectivity index (χ4n) is 3.83. The molecule has 1 aromatic rings. The average molecular weight is 360 g/mol. The van der Waals surface area contributed by atoms with Crippen molar-refractivity contribution in [2.45, 2.75) is 44.7 Å². The molecule has 9 heteroatoms. The van der Waals surface area contributed by atoms with Crippen LogP contribution in [0.2, 0.25) is 0 Å². The van der Waals surface area contributed by atoms with Crippen LogP contribution in [0.1, 0.15) is 48.5 Å². The summed E-state index contributed by atoms with van der Waals surface area (Å²) in [5.74, 6) is -1.13. The van der Waals surface area contributed by atoms with Crippen LogP contribution in [-0.2, 0) is 11.3 Å². The molecule has 1 aliphatic carbocycles. The topological polar surface area (TPSA) is 136 Å². The van der Waals surface area contributed by atoms with Crippen molar-refractivity contribution in [2.75, 3.05) is 0 Å². The van der Waals surface area contributed by atoms with E-state index < -0.39 is 22.4 Å². The van der Waals surface area contributed by atoms with E-state index in [0.717, 1.165) is 30.2 Å². The molecule has 1 heterocycles. The highest BCUT2D eigenvalue weighted by molar-refractivity contribution is 6.07. The number of amides is 4. The SMILES string of the molecule is C[C@H]1CCCC[C@@]12NC(=O)N(Cc1ccc(C(N)=O)cc1[N+](=O)[O-])C2=O. The normalized spacial score (nSPS) is 25.4. The van der Waals surface area contributed by atoms with Crippen LogP contribution < -0.4 is 11.1 Å². The standard InChI is InChI=1S/C17H20N4O5/c1-10-4-2-3-7-17(10)15(23)20(16(24)19-17)9-12-6-5-11(14(18)22)8-13(12)21(25)26/h5-6,8,10H,2-4,7,9H2,1H3,(H2,18,22)(H,19,24)/t10-,17+/m0/s1. The number of carbonyl (C=O) groups is 3. The van der Waals surface area contributed by atoms with Crippen LogP contribution in [0, 0.1) is 16.0 Å². The van der Waals surface area contributed by atoms with E-state index in [-0.39, 0.29) is 35.2 Å². The van der Waals surface area contributed by atoms with Gasteiger partial charge in [-0.3, -0.25) is 24.6 Å². The molecule has 26 heavy (non-hydrogen) atoms. The van der Waals surface area contributed by atoms with E-state index in [1.165, 1.54) is 12.1 Å². The fourth-order valence-corrected chi connectivity index (χ4v) is 3.83. The molecule has 1 spiro atoms. The second-order valence-electron chi connectivity index (χ2n) is 6.90. The van der Waals surface area contributed by atoms with Crippen molar-refractivity contribution in [3.05, 3.63) is 39.4 Å². The summed E-state index contributed by atoms with van der Waals surface area (Å²) in [5.41, 5.74) is 4.06. The minimum absolute atomic E-state index is 0.00456. The molecule has 1 aliphatic heterocycles. The monoisotopic (exact) mass is 360 g/mol. The zero-order valence-electron chi connectivity index (χ0n) is 14.4. The number of nitro groups is 1. The van der Waals surface area contributed by atoms with Gasteiger partial charge in [-0.25, -0.2) is 4.79 Å². The molecule has 0 unspecified atom stereocenters. The van der Waals surface area contributed by atoms with Crippen LogP contribution in [-0.4, -0.2) is 33.2 Å². The number of nitrogens with zero attached hydrogens (tertiary/aromatic N) is 2. The predicted molar refractivity (Wildman–Crippen MR) is 91.1 cm³/mol. The third kappa shape index (κ3) is 2.79. The van der Waals surface area contributed by atoms with Crippen molar-refractivity contribution in [1.29, 1.82) is 0 Å². The van der Waals surface area contributed by atoms with Gasteiger partial charge in [-0.2, -0.15) is 0 Å². The van der Waals surface area contributed by atoms with Crippen molar-refractivity contribution < 1.29 is 19.3 Å². The van der Waals surface area contributed by atoms with Gasteiger partial charge in [-0.1, -0.05) is 19.8 Å². The third-order valence-corrected chi connectivity index (χ3v) is 5.40. The number of rotatable bonds is 4. The van der Waals surface area contributed by atoms with E-state index in [0.29, 0.717) is 6.42 Å². The number of nitro benzene ring substituents is 1. The molecule has 0 bridgehead atoms. The van der Waals surface area contributed by atoms with Crippen molar-refractivity contribution in [1.82, 2.24) is 10.2 Å². The molecule has 2 fully saturated rings. The first-order valence-electron chi connectivity index (χ1n) is 8.47. The molecule has 2 atom stereocenters. The zero-order chi connectivity index (χ0) is 19.1. The van der Waals surface area contributed by atoms with E-state index in [4.69, 9.17) is 5.73 Å². The van der Waals surface area contributed by atoms with Gasteiger partial charge in [0.05, 0.1) is 11.5 Å². The molecule has 1 saturated heterocycles. The van der Waals surface area contributed by atoms with Gasteiger partial charge in [0.15, 0.2) is 0 Å². The fraction of sp³-hybridized carbons (Fsp3) is 0.471. The molecule has 2 aliphatic rings. The van der Waals surface area contributed by atoms with Crippen molar-refractivity contribution in [3.63, 3.8) is 0 Å². The van der Waals surface area contributed by atoms with Crippen LogP contribution in [0.3, 0.4) is 0 Å². The van der Waals surface area contributed by atoms with Crippen LogP contribution >= 0.6 is 0 Å². The number of nitrogens with one attached hydrogen (secondary N) is 1. The Balaban J connectivity index is 1.92. The van der Waals surface area contributed by atoms with E-state index in [1.54, 1.807) is 0 Å². The molecule has 3 N–H and O–H groups in total. The Morgan fingerprint density at radius 2 is 2.15 bits per heavy atom. The first-order chi connectivity index (χ1) is 12.3. The quantitative estimate of drug-likeness (QED) is 0.478. The summed E-state index contributed by atoms with van der Waals surface area (Å²) in [6.07, 6.45) is 3.26. The zero-order valence-corrected chi connectivity index (χ0v) is 14.4. The van der Waals surface area contributed by atoms with Crippen molar-refractivity contribution in [3.8, 4) is 0 Å². The number of benzene rings is 1. The molecule has 138 valence electrons. The Hall–Kier alpha value is -2.97. The minimum atomic E-state index is -0.919. The van der Waals surface area contributed by atoms with Gasteiger partial charge >= 0.3 is 6.03 Å². The van der Waals surface area contributed by atoms with Crippen LogP contribution in [0.25, 0.3) is 0 Å². The van der Waals surface area contributed by atoms with E-state index in [9.17, 15) is 24.5 Å². The smallest absolute Gasteiger partial charge is 0.325 e. The summed E-state index contributed by atoms with van der Waals surface area (Å²) in [7, 11) is 0. The number of hydrogen-bond donors (Lipinski definition) is 2. The Kier molecular flexibility index (Phi) is 4.39. The second-order valence-corrected chi connectivity index (χ2v) is 6.90. The molecule has 9 nitrogen and oxygen atoms in total. The van der Waals surface area contributed by atoms with Crippen LogP contribution in [0.5, 0.6) is 0 Å². The third-order valence-electron chi connectivity index (χ3n) is 5.40. The Bertz CT molecular complexity index is 808. The molecule has 4 amide bonds. The minimum Gasteiger partial charge on any atom is -0.366 e. The summed E-state index contributed by atoms with van der Waals surface area (Å²) < 4.78 is 0. The Labute approximate surface area is 149 Å². The number of hydrogen-bond acceptors (Lipinski definition) is 5. The highest BCUT2D eigenvalue weighted by atomic mass is 16.6. The lowest BCUT2D eigenvalue weighted by Gasteiger charge is -2.36. The average Bonchev–Trinajstić information content (AvgIpc) is 2.82. The maximum Gasteiger partial charge on any atom is 0.325 e. The van der Waals surface area contributed by atoms with E-state index in [1.807, 2.05) is 6.92 Å². The highest BCUT2D eigenvalue weighted by Crippen LogP contribution is 2.39. The number of primary amides is 1. The molecule has 0 radical (unpaired) electrons. The maximum atomic E-state index is 13.0. The Morgan fingerprint density at radius 1 is 1.42 bits per heavy atom. The largest absolute Gasteiger partial charge is 0.366 e. The van der Waals surface area contributed by atoms with Gasteiger partial charge in [0.25, 0.3) is 11.6 Å². The summed E-state index contributed by atoms with van der Waals surface area (Å²) in [6, 6.07) is 3.22. The summed E-state index contributed by atoms with van der Waals surface area (Å²) >= 11 is 0. The lowest BCUT2D eigenvalue weighted by Crippen LogP contribution is -2.53. The van der Waals surface area contributed by atoms with E-state index in [2.05, 4.69) is 5.32 Å². The van der Waals surface area contributed by atoms with Crippen molar-refractivity contribution in [2.24, 2.45) is 11.7 Å². The number of carbonyl (C=O) groups excluding carboxylic acids is 3. The van der Waals surface area contributed by atoms with Gasteiger partial charge in [0, 0.05) is 17.2 Å². The van der Waals surface area contributed by atoms with E-state index >= 15 is 0 Å². The summed E-state index contributed by atoms with van der Waals surface area (Å²) in [6.45, 7) is 1.71. The van der Waals surface area contributed by atoms with Gasteiger partial charge in [-0.15, -0.1) is 0 Å². The van der Waals surface area contributed by atoms with Gasteiger partial charge in [0.1, 0.15) is 5.54 Å². The first-order valence-corrected chi connectivity index (χ1v) is 8.47. The summed E-state index contributed by atoms with van der Waals surface area (Å²) in [4.78, 5) is 48.3. The second kappa shape index (κ2) is 6.40. The number of imide groups is 1. The molecule has 3 rings (SSSR count). The van der Waals surface area contributed by atoms with Crippen LogP contribution in [0.15, 0.2) is 18.2 Å². The van der Waals surface area contributed by atoms with Gasteiger partial charge in [-0.05, 0) is 30.9 Å². The molecule has 0 aromatic heterocycles. The lowest BCUT2D eigenvalue weighted by atomic mass is 9.73. The van der Waals surface area contributed by atoms with Crippen LogP contribution in [0.4, 0.5) is 10.5 Å². The number of urea groups is 1. The lowest BCUT2D eigenvalue weighted by molar-refractivity contribution is -0.385.